The Morgan fingerprint density at radius 2 is 1.60 bits per heavy atom. The number of nitrogens with one attached hydrogen (secondary N) is 2. The van der Waals surface area contributed by atoms with E-state index in [1.165, 1.54) is 28.6 Å². The van der Waals surface area contributed by atoms with Gasteiger partial charge in [0.2, 0.25) is 0 Å². The second-order valence-corrected chi connectivity index (χ2v) is 4.73. The number of benzene rings is 1. The molecule has 1 aliphatic rings. The molecule has 0 unspecified atom stereocenters. The lowest BCUT2D eigenvalue weighted by Gasteiger charge is -1.94. The third-order valence-electron chi connectivity index (χ3n) is 3.42. The quantitative estimate of drug-likeness (QED) is 0.483. The van der Waals surface area contributed by atoms with Crippen LogP contribution in [-0.2, 0) is 6.42 Å². The molecule has 138 valence electrons. The van der Waals surface area contributed by atoms with E-state index in [1.807, 2.05) is 60.0 Å². The Labute approximate surface area is 153 Å². The number of rotatable bonds is 0. The molecule has 0 saturated heterocycles. The number of fused-ring (bicyclic) bond motifs is 2. The summed E-state index contributed by atoms with van der Waals surface area (Å²) in [5.74, 6) is 0. The molecule has 3 heterocycles. The topological polar surface area (TPSA) is 40.7 Å². The number of para-hydroxylation sites is 1. The molecule has 25 heavy (non-hydrogen) atoms. The van der Waals surface area contributed by atoms with Gasteiger partial charge < -0.3 is 10.3 Å². The number of pyridine rings is 1. The number of aromatic amines is 1. The number of aromatic nitrogens is 2. The molecule has 0 atom stereocenters. The molecule has 0 saturated carbocycles. The fourth-order valence-corrected chi connectivity index (χ4v) is 2.34. The molecular weight excluding hydrogens is 306 g/mol. The van der Waals surface area contributed by atoms with E-state index in [0.29, 0.717) is 0 Å². The van der Waals surface area contributed by atoms with E-state index < -0.39 is 0 Å². The molecule has 0 bridgehead atoms. The van der Waals surface area contributed by atoms with Crippen LogP contribution in [0.2, 0.25) is 0 Å². The summed E-state index contributed by atoms with van der Waals surface area (Å²) < 4.78 is 0. The Hall–Kier alpha value is -2.29. The molecule has 1 aromatic carbocycles. The number of hydrogen-bond donors (Lipinski definition) is 2. The second kappa shape index (κ2) is 14.1. The summed E-state index contributed by atoms with van der Waals surface area (Å²) in [6, 6.07) is 10.4. The lowest BCUT2D eigenvalue weighted by atomic mass is 10.2. The monoisotopic (exact) mass is 341 g/mol. The number of H-pyrrole nitrogens is 1. The van der Waals surface area contributed by atoms with Crippen LogP contribution >= 0.6 is 0 Å². The molecule has 2 aromatic heterocycles. The number of nitrogens with zero attached hydrogens (tertiary/aromatic N) is 1. The molecule has 3 nitrogen and oxygen atoms in total. The van der Waals surface area contributed by atoms with E-state index in [-0.39, 0.29) is 0 Å². The van der Waals surface area contributed by atoms with E-state index in [9.17, 15) is 0 Å². The summed E-state index contributed by atoms with van der Waals surface area (Å²) in [5, 5.41) is 4.51. The van der Waals surface area contributed by atoms with E-state index in [2.05, 4.69) is 46.5 Å². The third-order valence-corrected chi connectivity index (χ3v) is 3.42. The van der Waals surface area contributed by atoms with Crippen molar-refractivity contribution in [1.82, 2.24) is 9.97 Å². The van der Waals surface area contributed by atoms with Crippen LogP contribution in [0.1, 0.15) is 52.7 Å². The third kappa shape index (κ3) is 7.00. The highest BCUT2D eigenvalue weighted by molar-refractivity contribution is 5.81. The van der Waals surface area contributed by atoms with Crippen molar-refractivity contribution in [3.05, 3.63) is 60.0 Å². The molecule has 0 fully saturated rings. The molecule has 0 aliphatic carbocycles. The lowest BCUT2D eigenvalue weighted by molar-refractivity contribution is 1.11. The Morgan fingerprint density at radius 1 is 0.920 bits per heavy atom. The Kier molecular flexibility index (Phi) is 12.8. The molecule has 0 spiro atoms. The highest BCUT2D eigenvalue weighted by Gasteiger charge is 2.05. The van der Waals surface area contributed by atoms with E-state index >= 15 is 0 Å². The lowest BCUT2D eigenvalue weighted by Crippen LogP contribution is -1.90. The van der Waals surface area contributed by atoms with Gasteiger partial charge in [-0.2, -0.15) is 0 Å². The van der Waals surface area contributed by atoms with Gasteiger partial charge in [-0.25, -0.2) is 0 Å². The zero-order valence-electron chi connectivity index (χ0n) is 17.0. The first-order valence-electron chi connectivity index (χ1n) is 9.54. The first-order valence-corrected chi connectivity index (χ1v) is 9.54. The summed E-state index contributed by atoms with van der Waals surface area (Å²) in [7, 11) is 0. The van der Waals surface area contributed by atoms with Gasteiger partial charge >= 0.3 is 0 Å². The SMILES string of the molecule is CC.CC.CC.Cc1c[nH]c2ccncc12.c1ccc2c(c1)CCN2. The summed E-state index contributed by atoms with van der Waals surface area (Å²) in [6.45, 7) is 15.2. The van der Waals surface area contributed by atoms with Gasteiger partial charge in [-0.1, -0.05) is 59.7 Å². The van der Waals surface area contributed by atoms with E-state index in [4.69, 9.17) is 0 Å². The minimum Gasteiger partial charge on any atom is -0.384 e. The van der Waals surface area contributed by atoms with Crippen molar-refractivity contribution in [3.8, 4) is 0 Å². The number of hydrogen-bond acceptors (Lipinski definition) is 2. The molecule has 0 amide bonds. The van der Waals surface area contributed by atoms with Gasteiger partial charge in [0.15, 0.2) is 0 Å². The predicted molar refractivity (Wildman–Crippen MR) is 114 cm³/mol. The van der Waals surface area contributed by atoms with Crippen molar-refractivity contribution in [2.45, 2.75) is 54.9 Å². The van der Waals surface area contributed by atoms with Gasteiger partial charge in [-0.15, -0.1) is 0 Å². The van der Waals surface area contributed by atoms with E-state index in [0.717, 1.165) is 12.1 Å². The molecule has 1 aliphatic heterocycles. The Bertz CT molecular complexity index is 663. The van der Waals surface area contributed by atoms with Gasteiger partial charge in [0.05, 0.1) is 0 Å². The van der Waals surface area contributed by atoms with Crippen molar-refractivity contribution in [1.29, 1.82) is 0 Å². The van der Waals surface area contributed by atoms with Gasteiger partial charge in [0.1, 0.15) is 0 Å². The first-order chi connectivity index (χ1) is 12.3. The normalized spacial score (nSPS) is 10.2. The summed E-state index contributed by atoms with van der Waals surface area (Å²) >= 11 is 0. The van der Waals surface area contributed by atoms with Crippen LogP contribution in [0.25, 0.3) is 10.9 Å². The van der Waals surface area contributed by atoms with Crippen molar-refractivity contribution < 1.29 is 0 Å². The first kappa shape index (κ1) is 22.7. The number of anilines is 1. The van der Waals surface area contributed by atoms with Gasteiger partial charge in [-0.3, -0.25) is 4.98 Å². The maximum absolute atomic E-state index is 4.03. The minimum absolute atomic E-state index is 1.11. The Balaban J connectivity index is 0.000000357. The average molecular weight is 342 g/mol. The summed E-state index contributed by atoms with van der Waals surface area (Å²) in [4.78, 5) is 7.17. The van der Waals surface area contributed by atoms with Crippen molar-refractivity contribution in [3.63, 3.8) is 0 Å². The fourth-order valence-electron chi connectivity index (χ4n) is 2.34. The van der Waals surface area contributed by atoms with Crippen molar-refractivity contribution >= 4 is 16.6 Å². The average Bonchev–Trinajstić information content (AvgIpc) is 3.34. The van der Waals surface area contributed by atoms with Crippen LogP contribution in [0.5, 0.6) is 0 Å². The van der Waals surface area contributed by atoms with Crippen molar-refractivity contribution in [2.24, 2.45) is 0 Å². The largest absolute Gasteiger partial charge is 0.384 e. The van der Waals surface area contributed by atoms with Gasteiger partial charge in [0.25, 0.3) is 0 Å². The molecule has 2 N–H and O–H groups in total. The van der Waals surface area contributed by atoms with Crippen molar-refractivity contribution in [2.75, 3.05) is 11.9 Å². The smallest absolute Gasteiger partial charge is 0.0487 e. The standard InChI is InChI=1S/C8H8N2.C8H9N.3C2H6/c1-6-4-10-8-2-3-9-5-7(6)8;1-2-4-8-7(3-1)5-6-9-8;3*1-2/h2-5,10H,1H3;1-4,9H,5-6H2;3*1-2H3. The molecule has 3 aromatic rings. The van der Waals surface area contributed by atoms with E-state index in [1.54, 1.807) is 6.20 Å². The zero-order chi connectivity index (χ0) is 19.1. The Morgan fingerprint density at radius 3 is 2.24 bits per heavy atom. The van der Waals surface area contributed by atoms with Gasteiger partial charge in [0, 0.05) is 41.7 Å². The highest BCUT2D eigenvalue weighted by atomic mass is 14.9. The molecule has 4 rings (SSSR count). The highest BCUT2D eigenvalue weighted by Crippen LogP contribution is 2.20. The van der Waals surface area contributed by atoms with Crippen LogP contribution in [0.4, 0.5) is 5.69 Å². The zero-order valence-corrected chi connectivity index (χ0v) is 17.0. The maximum atomic E-state index is 4.03. The van der Waals surface area contributed by atoms with Crippen LogP contribution in [0, 0.1) is 6.92 Å². The minimum atomic E-state index is 1.11. The second-order valence-electron chi connectivity index (χ2n) is 4.73. The van der Waals surface area contributed by atoms with Crippen LogP contribution in [-0.4, -0.2) is 16.5 Å². The maximum Gasteiger partial charge on any atom is 0.0487 e. The molecular formula is C22H35N3. The number of aryl methyl sites for hydroxylation is 1. The van der Waals surface area contributed by atoms with Crippen LogP contribution in [0.3, 0.4) is 0 Å². The fraction of sp³-hybridized carbons (Fsp3) is 0.409. The van der Waals surface area contributed by atoms with Crippen LogP contribution in [0.15, 0.2) is 48.9 Å². The molecule has 0 radical (unpaired) electrons. The predicted octanol–water partition coefficient (Wildman–Crippen LogP) is 6.60. The van der Waals surface area contributed by atoms with Gasteiger partial charge in [-0.05, 0) is 36.6 Å². The summed E-state index contributed by atoms with van der Waals surface area (Å²) in [5.41, 5.74) is 5.19. The van der Waals surface area contributed by atoms with Crippen LogP contribution < -0.4 is 5.32 Å². The molecule has 3 heteroatoms. The summed E-state index contributed by atoms with van der Waals surface area (Å²) in [6.07, 6.45) is 6.85.